The molecule has 1 saturated heterocycles. The minimum absolute atomic E-state index is 0.109. The zero-order chi connectivity index (χ0) is 13.5. The van der Waals surface area contributed by atoms with Crippen molar-refractivity contribution < 1.29 is 18.1 Å². The smallest absolute Gasteiger partial charge is 0.287 e. The van der Waals surface area contributed by atoms with Crippen molar-refractivity contribution in [2.24, 2.45) is 5.14 Å². The lowest BCUT2D eigenvalue weighted by Crippen LogP contribution is -2.32. The van der Waals surface area contributed by atoms with Crippen LogP contribution in [0.15, 0.2) is 6.20 Å². The molecular formula is C7H8N4O5S2. The molecule has 1 amide bonds. The molecule has 18 heavy (non-hydrogen) atoms. The Kier molecular flexibility index (Phi) is 3.04. The van der Waals surface area contributed by atoms with Gasteiger partial charge in [0.05, 0.1) is 4.92 Å². The minimum Gasteiger partial charge on any atom is -0.287 e. The molecule has 0 aliphatic carbocycles. The summed E-state index contributed by atoms with van der Waals surface area (Å²) in [6, 6.07) is 0. The second kappa shape index (κ2) is 4.26. The predicted octanol–water partition coefficient (Wildman–Crippen LogP) is -0.555. The Bertz CT molecular complexity index is 609. The van der Waals surface area contributed by atoms with Crippen molar-refractivity contribution in [1.29, 1.82) is 0 Å². The van der Waals surface area contributed by atoms with E-state index < -0.39 is 26.1 Å². The summed E-state index contributed by atoms with van der Waals surface area (Å²) in [5.74, 6) is -0.460. The van der Waals surface area contributed by atoms with Gasteiger partial charge in [0, 0.05) is 13.0 Å². The number of sulfonamides is 1. The second-order valence-corrected chi connectivity index (χ2v) is 6.49. The van der Waals surface area contributed by atoms with E-state index in [2.05, 4.69) is 4.98 Å². The summed E-state index contributed by atoms with van der Waals surface area (Å²) >= 11 is 0.714. The van der Waals surface area contributed by atoms with Crippen LogP contribution in [0.1, 0.15) is 6.42 Å². The number of primary sulfonamides is 1. The van der Waals surface area contributed by atoms with E-state index in [1.54, 1.807) is 0 Å². The lowest BCUT2D eigenvalue weighted by molar-refractivity contribution is -0.380. The van der Waals surface area contributed by atoms with Gasteiger partial charge in [-0.1, -0.05) is 0 Å². The van der Waals surface area contributed by atoms with Gasteiger partial charge in [0.25, 0.3) is 0 Å². The van der Waals surface area contributed by atoms with Gasteiger partial charge in [-0.25, -0.2) is 18.5 Å². The van der Waals surface area contributed by atoms with Crippen LogP contribution in [0.3, 0.4) is 0 Å². The summed E-state index contributed by atoms with van der Waals surface area (Å²) in [6.07, 6.45) is 0.795. The maximum Gasteiger partial charge on any atom is 0.345 e. The Morgan fingerprint density at radius 3 is 2.72 bits per heavy atom. The van der Waals surface area contributed by atoms with Gasteiger partial charge in [-0.2, -0.15) is 0 Å². The summed E-state index contributed by atoms with van der Waals surface area (Å²) in [5, 5.41) is 14.4. The fourth-order valence-electron chi connectivity index (χ4n) is 1.55. The van der Waals surface area contributed by atoms with Crippen LogP contribution in [-0.2, 0) is 14.8 Å². The molecule has 0 bridgehead atoms. The predicted molar refractivity (Wildman–Crippen MR) is 62.6 cm³/mol. The highest BCUT2D eigenvalue weighted by Gasteiger charge is 2.38. The highest BCUT2D eigenvalue weighted by Crippen LogP contribution is 2.31. The van der Waals surface area contributed by atoms with Gasteiger partial charge in [0.2, 0.25) is 15.9 Å². The molecule has 1 atom stereocenters. The van der Waals surface area contributed by atoms with E-state index in [0.717, 1.165) is 11.1 Å². The first-order valence-electron chi connectivity index (χ1n) is 4.71. The molecule has 2 N–H and O–H groups in total. The third-order valence-electron chi connectivity index (χ3n) is 2.45. The van der Waals surface area contributed by atoms with Crippen LogP contribution in [0, 0.1) is 10.1 Å². The Hall–Kier alpha value is -1.59. The first kappa shape index (κ1) is 12.9. The van der Waals surface area contributed by atoms with Gasteiger partial charge in [0.1, 0.15) is 11.4 Å². The lowest BCUT2D eigenvalue weighted by Gasteiger charge is -2.11. The van der Waals surface area contributed by atoms with Crippen LogP contribution in [-0.4, -0.2) is 36.0 Å². The maximum absolute atomic E-state index is 11.6. The summed E-state index contributed by atoms with van der Waals surface area (Å²) in [7, 11) is -3.81. The first-order chi connectivity index (χ1) is 8.29. The highest BCUT2D eigenvalue weighted by molar-refractivity contribution is 7.89. The van der Waals surface area contributed by atoms with Crippen molar-refractivity contribution in [1.82, 2.24) is 4.98 Å². The van der Waals surface area contributed by atoms with Crippen molar-refractivity contribution in [2.45, 2.75) is 11.7 Å². The molecule has 11 heteroatoms. The molecule has 98 valence electrons. The van der Waals surface area contributed by atoms with Crippen molar-refractivity contribution in [2.75, 3.05) is 11.4 Å². The van der Waals surface area contributed by atoms with Gasteiger partial charge in [-0.3, -0.25) is 19.8 Å². The number of carbonyl (C=O) groups is 1. The zero-order valence-corrected chi connectivity index (χ0v) is 10.5. The minimum atomic E-state index is -3.81. The van der Waals surface area contributed by atoms with Crippen molar-refractivity contribution in [3.8, 4) is 0 Å². The van der Waals surface area contributed by atoms with E-state index in [0.29, 0.717) is 11.3 Å². The van der Waals surface area contributed by atoms with E-state index in [9.17, 15) is 23.3 Å². The summed E-state index contributed by atoms with van der Waals surface area (Å²) < 4.78 is 22.3. The number of nitrogens with zero attached hydrogens (tertiary/aromatic N) is 3. The first-order valence-corrected chi connectivity index (χ1v) is 7.14. The molecule has 1 aromatic rings. The number of nitrogens with two attached hydrogens (primary N) is 1. The number of aromatic nitrogens is 1. The molecule has 1 aromatic heterocycles. The van der Waals surface area contributed by atoms with E-state index in [4.69, 9.17) is 5.14 Å². The summed E-state index contributed by atoms with van der Waals surface area (Å²) in [5.41, 5.74) is 0. The van der Waals surface area contributed by atoms with E-state index in [1.165, 1.54) is 0 Å². The molecule has 0 aromatic carbocycles. The molecule has 2 heterocycles. The van der Waals surface area contributed by atoms with Gasteiger partial charge in [-0.15, -0.1) is 0 Å². The molecule has 9 nitrogen and oxygen atoms in total. The normalized spacial score (nSPS) is 20.4. The molecule has 0 radical (unpaired) electrons. The molecule has 1 aliphatic rings. The SMILES string of the molecule is NS(=O)(=O)C1CC(=O)N(c2ncc([N+](=O)[O-])s2)C1. The Morgan fingerprint density at radius 2 is 2.28 bits per heavy atom. The molecule has 0 spiro atoms. The number of rotatable bonds is 3. The average molecular weight is 292 g/mol. The standard InChI is InChI=1S/C7H8N4O5S2/c8-18(15,16)4-1-5(12)10(3-4)7-9-2-6(17-7)11(13)14/h2,4H,1,3H2,(H2,8,15,16). The number of nitro groups is 1. The maximum atomic E-state index is 11.6. The summed E-state index contributed by atoms with van der Waals surface area (Å²) in [6.45, 7) is -0.123. The van der Waals surface area contributed by atoms with Gasteiger partial charge < -0.3 is 0 Å². The largest absolute Gasteiger partial charge is 0.345 e. The third-order valence-corrected chi connectivity index (χ3v) is 4.66. The number of amides is 1. The van der Waals surface area contributed by atoms with Gasteiger partial charge >= 0.3 is 5.00 Å². The van der Waals surface area contributed by atoms with E-state index in [1.807, 2.05) is 0 Å². The number of hydrogen-bond donors (Lipinski definition) is 1. The van der Waals surface area contributed by atoms with Crippen molar-refractivity contribution in [3.05, 3.63) is 16.3 Å². The monoisotopic (exact) mass is 292 g/mol. The molecule has 2 rings (SSSR count). The number of hydrogen-bond acceptors (Lipinski definition) is 7. The Morgan fingerprint density at radius 1 is 1.61 bits per heavy atom. The number of anilines is 1. The Balaban J connectivity index is 2.24. The number of carbonyl (C=O) groups excluding carboxylic acids is 1. The molecule has 1 unspecified atom stereocenters. The fourth-order valence-corrected chi connectivity index (χ4v) is 3.04. The van der Waals surface area contributed by atoms with Crippen LogP contribution >= 0.6 is 11.3 Å². The second-order valence-electron chi connectivity index (χ2n) is 3.66. The molecule has 0 saturated carbocycles. The van der Waals surface area contributed by atoms with E-state index in [-0.39, 0.29) is 23.1 Å². The van der Waals surface area contributed by atoms with Gasteiger partial charge in [0.15, 0.2) is 5.13 Å². The van der Waals surface area contributed by atoms with Crippen LogP contribution < -0.4 is 10.0 Å². The van der Waals surface area contributed by atoms with Crippen LogP contribution in [0.5, 0.6) is 0 Å². The fraction of sp³-hybridized carbons (Fsp3) is 0.429. The topological polar surface area (TPSA) is 136 Å². The van der Waals surface area contributed by atoms with Gasteiger partial charge in [-0.05, 0) is 11.3 Å². The van der Waals surface area contributed by atoms with Crippen LogP contribution in [0.25, 0.3) is 0 Å². The third kappa shape index (κ3) is 2.32. The highest BCUT2D eigenvalue weighted by atomic mass is 32.2. The molecular weight excluding hydrogens is 284 g/mol. The average Bonchev–Trinajstić information content (AvgIpc) is 2.81. The quantitative estimate of drug-likeness (QED) is 0.586. The molecule has 1 fully saturated rings. The van der Waals surface area contributed by atoms with Crippen LogP contribution in [0.2, 0.25) is 0 Å². The van der Waals surface area contributed by atoms with Crippen molar-refractivity contribution in [3.63, 3.8) is 0 Å². The van der Waals surface area contributed by atoms with E-state index >= 15 is 0 Å². The van der Waals surface area contributed by atoms with Crippen LogP contribution in [0.4, 0.5) is 10.1 Å². The summed E-state index contributed by atoms with van der Waals surface area (Å²) in [4.78, 5) is 26.3. The zero-order valence-electron chi connectivity index (χ0n) is 8.85. The number of thiazole rings is 1. The lowest BCUT2D eigenvalue weighted by atomic mass is 10.4. The Labute approximate surface area is 105 Å². The van der Waals surface area contributed by atoms with Crippen molar-refractivity contribution >= 4 is 37.4 Å². The molecule has 1 aliphatic heterocycles.